The van der Waals surface area contributed by atoms with Crippen molar-refractivity contribution in [2.75, 3.05) is 35.0 Å². The van der Waals surface area contributed by atoms with Gasteiger partial charge in [-0.1, -0.05) is 0 Å². The molecule has 0 aliphatic heterocycles. The van der Waals surface area contributed by atoms with Crippen molar-refractivity contribution in [3.8, 4) is 0 Å². The molecule has 8 atom stereocenters. The number of Topliss-reactive ketones (excluding diaryl/α,β-unsaturated/α-hetero) is 1. The first-order valence-corrected chi connectivity index (χ1v) is 17.7. The molecular formula is C34H52N6O12. The van der Waals surface area contributed by atoms with E-state index in [0.717, 1.165) is 0 Å². The van der Waals surface area contributed by atoms with E-state index in [0.29, 0.717) is 51.4 Å². The zero-order valence-electron chi connectivity index (χ0n) is 30.7. The fourth-order valence-corrected chi connectivity index (χ4v) is 7.03. The molecule has 3 saturated carbocycles. The van der Waals surface area contributed by atoms with Crippen LogP contribution in [-0.2, 0) is 57.2 Å². The van der Waals surface area contributed by atoms with Crippen molar-refractivity contribution >= 4 is 41.5 Å². The van der Waals surface area contributed by atoms with Crippen molar-refractivity contribution in [2.24, 2.45) is 44.1 Å². The predicted molar refractivity (Wildman–Crippen MR) is 179 cm³/mol. The quantitative estimate of drug-likeness (QED) is 0.106. The number of amides is 2. The van der Waals surface area contributed by atoms with E-state index in [1.165, 1.54) is 35.4 Å². The smallest absolute Gasteiger partial charge is 0.310 e. The standard InChI is InChI=1S/C34H52N6O12/c1-7-52-30(40-38-26-17-20(32(45)49-4)9-15-24(26)34(47)51-6)29(43)36-22-12-10-21(11-13-22)35-28(42)27(18(2)41)39-37-25-16-19(31(44)48-3)8-14-23(25)33(46)50-5/h19-27,30H,7-17H2,1-6H3,(H,35,42)(H,36,43). The van der Waals surface area contributed by atoms with E-state index in [1.54, 1.807) is 6.92 Å². The van der Waals surface area contributed by atoms with Gasteiger partial charge in [0.1, 0.15) is 0 Å². The van der Waals surface area contributed by atoms with Crippen LogP contribution in [0, 0.1) is 23.7 Å². The van der Waals surface area contributed by atoms with Gasteiger partial charge in [-0.3, -0.25) is 33.6 Å². The molecule has 0 bridgehead atoms. The van der Waals surface area contributed by atoms with Crippen molar-refractivity contribution < 1.29 is 57.2 Å². The highest BCUT2D eigenvalue weighted by atomic mass is 16.5. The molecule has 0 spiro atoms. The maximum atomic E-state index is 13.2. The zero-order chi connectivity index (χ0) is 38.4. The monoisotopic (exact) mass is 736 g/mol. The van der Waals surface area contributed by atoms with Crippen molar-refractivity contribution in [1.82, 2.24) is 10.6 Å². The second-order valence-electron chi connectivity index (χ2n) is 13.3. The summed E-state index contributed by atoms with van der Waals surface area (Å²) in [5, 5.41) is 22.4. The lowest BCUT2D eigenvalue weighted by molar-refractivity contribution is -0.152. The van der Waals surface area contributed by atoms with Gasteiger partial charge in [-0.15, -0.1) is 0 Å². The number of nitrogens with one attached hydrogen (secondary N) is 2. The average molecular weight is 737 g/mol. The van der Waals surface area contributed by atoms with Crippen LogP contribution in [0.3, 0.4) is 0 Å². The molecule has 0 saturated heterocycles. The van der Waals surface area contributed by atoms with Gasteiger partial charge < -0.3 is 34.3 Å². The van der Waals surface area contributed by atoms with Crippen LogP contribution >= 0.6 is 0 Å². The van der Waals surface area contributed by atoms with E-state index in [9.17, 15) is 33.6 Å². The number of nitrogens with zero attached hydrogens (tertiary/aromatic N) is 4. The van der Waals surface area contributed by atoms with Crippen LogP contribution in [0.5, 0.6) is 0 Å². The predicted octanol–water partition coefficient (Wildman–Crippen LogP) is 2.02. The van der Waals surface area contributed by atoms with E-state index in [1.807, 2.05) is 0 Å². The van der Waals surface area contributed by atoms with Crippen LogP contribution < -0.4 is 10.6 Å². The fourth-order valence-electron chi connectivity index (χ4n) is 7.03. The number of hydrogen-bond donors (Lipinski definition) is 2. The van der Waals surface area contributed by atoms with Gasteiger partial charge in [0.2, 0.25) is 12.3 Å². The largest absolute Gasteiger partial charge is 0.469 e. The number of carbonyl (C=O) groups is 7. The van der Waals surface area contributed by atoms with Gasteiger partial charge in [0.15, 0.2) is 5.78 Å². The first-order valence-electron chi connectivity index (χ1n) is 17.7. The maximum Gasteiger partial charge on any atom is 0.310 e. The zero-order valence-corrected chi connectivity index (χ0v) is 30.7. The number of rotatable bonds is 15. The molecule has 18 nitrogen and oxygen atoms in total. The van der Waals surface area contributed by atoms with Gasteiger partial charge in [0.05, 0.1) is 64.2 Å². The summed E-state index contributed by atoms with van der Waals surface area (Å²) in [5.41, 5.74) is 0. The van der Waals surface area contributed by atoms with Crippen LogP contribution in [0.4, 0.5) is 0 Å². The van der Waals surface area contributed by atoms with Gasteiger partial charge in [-0.2, -0.15) is 20.5 Å². The molecule has 3 rings (SSSR count). The summed E-state index contributed by atoms with van der Waals surface area (Å²) in [7, 11) is 5.10. The number of ether oxygens (including phenoxy) is 5. The van der Waals surface area contributed by atoms with Gasteiger partial charge in [-0.05, 0) is 78.1 Å². The van der Waals surface area contributed by atoms with Gasteiger partial charge in [0.25, 0.3) is 11.8 Å². The van der Waals surface area contributed by atoms with Crippen LogP contribution in [0.2, 0.25) is 0 Å². The Bertz CT molecular complexity index is 1350. The third-order valence-corrected chi connectivity index (χ3v) is 9.96. The average Bonchev–Trinajstić information content (AvgIpc) is 3.15. The Hall–Kier alpha value is -4.35. The molecule has 3 fully saturated rings. The molecule has 8 unspecified atom stereocenters. The molecule has 0 radical (unpaired) electrons. The molecule has 18 heteroatoms. The highest BCUT2D eigenvalue weighted by Gasteiger charge is 2.41. The Kier molecular flexibility index (Phi) is 16.7. The van der Waals surface area contributed by atoms with Crippen LogP contribution in [0.15, 0.2) is 20.5 Å². The lowest BCUT2D eigenvalue weighted by Crippen LogP contribution is -2.48. The number of carbonyl (C=O) groups excluding carboxylic acids is 7. The van der Waals surface area contributed by atoms with E-state index in [2.05, 4.69) is 31.1 Å². The lowest BCUT2D eigenvalue weighted by atomic mass is 9.78. The fraction of sp³-hybridized carbons (Fsp3) is 0.794. The normalized spacial score (nSPS) is 29.0. The van der Waals surface area contributed by atoms with Crippen LogP contribution in [0.25, 0.3) is 0 Å². The number of hydrogen-bond acceptors (Lipinski definition) is 16. The van der Waals surface area contributed by atoms with Crippen molar-refractivity contribution in [2.45, 2.75) is 114 Å². The second-order valence-corrected chi connectivity index (χ2v) is 13.3. The Morgan fingerprint density at radius 3 is 1.42 bits per heavy atom. The summed E-state index contributed by atoms with van der Waals surface area (Å²) in [6.45, 7) is 3.09. The van der Waals surface area contributed by atoms with Crippen molar-refractivity contribution in [3.05, 3.63) is 0 Å². The van der Waals surface area contributed by atoms with Crippen LogP contribution in [-0.4, -0.2) is 113 Å². The SMILES string of the molecule is CCOC(N=NC1CC(C(=O)OC)CCC1C(=O)OC)C(=O)NC1CCC(NC(=O)C(N=NC2CC(C(=O)OC)CCC2C(=O)OC)C(C)=O)CC1. The minimum Gasteiger partial charge on any atom is -0.469 e. The van der Waals surface area contributed by atoms with E-state index in [-0.39, 0.29) is 31.5 Å². The highest BCUT2D eigenvalue weighted by molar-refractivity contribution is 6.04. The number of methoxy groups -OCH3 is 4. The molecule has 0 aromatic heterocycles. The Labute approximate surface area is 302 Å². The molecule has 2 amide bonds. The summed E-state index contributed by atoms with van der Waals surface area (Å²) >= 11 is 0. The summed E-state index contributed by atoms with van der Waals surface area (Å²) in [5.74, 6) is -5.80. The van der Waals surface area contributed by atoms with Gasteiger partial charge >= 0.3 is 23.9 Å². The molecule has 0 aromatic rings. The maximum absolute atomic E-state index is 13.2. The van der Waals surface area contributed by atoms with E-state index in [4.69, 9.17) is 23.7 Å². The van der Waals surface area contributed by atoms with Gasteiger partial charge in [-0.25, -0.2) is 0 Å². The first kappa shape index (κ1) is 42.1. The number of azo groups is 2. The lowest BCUT2D eigenvalue weighted by Gasteiger charge is -2.31. The second kappa shape index (κ2) is 20.6. The molecule has 290 valence electrons. The van der Waals surface area contributed by atoms with Gasteiger partial charge in [0, 0.05) is 18.7 Å². The molecule has 2 N–H and O–H groups in total. The molecular weight excluding hydrogens is 684 g/mol. The van der Waals surface area contributed by atoms with E-state index >= 15 is 0 Å². The van der Waals surface area contributed by atoms with Crippen molar-refractivity contribution in [1.29, 1.82) is 0 Å². The molecule has 0 aromatic carbocycles. The Morgan fingerprint density at radius 2 is 1.02 bits per heavy atom. The summed E-state index contributed by atoms with van der Waals surface area (Å²) in [6.07, 6.45) is 2.59. The molecule has 52 heavy (non-hydrogen) atoms. The topological polar surface area (TPSA) is 239 Å². The van der Waals surface area contributed by atoms with Crippen LogP contribution in [0.1, 0.15) is 78.1 Å². The Balaban J connectivity index is 1.58. The minimum absolute atomic E-state index is 0.161. The molecule has 3 aliphatic carbocycles. The summed E-state index contributed by atoms with van der Waals surface area (Å²) in [4.78, 5) is 88.0. The Morgan fingerprint density at radius 1 is 0.596 bits per heavy atom. The third-order valence-electron chi connectivity index (χ3n) is 9.96. The highest BCUT2D eigenvalue weighted by Crippen LogP contribution is 2.34. The first-order chi connectivity index (χ1) is 24.9. The summed E-state index contributed by atoms with van der Waals surface area (Å²) in [6, 6.07) is -3.48. The number of esters is 4. The summed E-state index contributed by atoms with van der Waals surface area (Å²) < 4.78 is 25.1. The van der Waals surface area contributed by atoms with E-state index < -0.39 is 89.5 Å². The molecule has 0 heterocycles. The molecule has 3 aliphatic rings. The number of ketones is 1. The minimum atomic E-state index is -1.45. The van der Waals surface area contributed by atoms with Crippen molar-refractivity contribution in [3.63, 3.8) is 0 Å². The third kappa shape index (κ3) is 11.6.